The van der Waals surface area contributed by atoms with Crippen LogP contribution in [0.15, 0.2) is 24.3 Å². The summed E-state index contributed by atoms with van der Waals surface area (Å²) in [6.45, 7) is 4.06. The van der Waals surface area contributed by atoms with Gasteiger partial charge in [0.2, 0.25) is 5.91 Å². The lowest BCUT2D eigenvalue weighted by atomic mass is 10.00. The number of rotatable bonds is 44. The van der Waals surface area contributed by atoms with Gasteiger partial charge in [-0.2, -0.15) is 0 Å². The smallest absolute Gasteiger partial charge is 0.249 e. The lowest BCUT2D eigenvalue weighted by Crippen LogP contribution is -2.53. The van der Waals surface area contributed by atoms with Gasteiger partial charge in [-0.3, -0.25) is 4.79 Å². The molecule has 0 aliphatic rings. The molecule has 55 heavy (non-hydrogen) atoms. The molecule has 0 aliphatic carbocycles. The minimum atomic E-state index is -1.28. The van der Waals surface area contributed by atoms with Crippen LogP contribution >= 0.6 is 0 Å². The normalized spacial score (nSPS) is 14.2. The highest BCUT2D eigenvalue weighted by atomic mass is 16.3. The molecule has 0 bridgehead atoms. The van der Waals surface area contributed by atoms with Crippen molar-refractivity contribution in [3.05, 3.63) is 24.3 Å². The second kappa shape index (κ2) is 43.9. The Balaban J connectivity index is 3.74. The van der Waals surface area contributed by atoms with Gasteiger partial charge in [-0.1, -0.05) is 212 Å². The third-order valence-electron chi connectivity index (χ3n) is 11.4. The van der Waals surface area contributed by atoms with Gasteiger partial charge in [0.05, 0.1) is 18.8 Å². The van der Waals surface area contributed by atoms with Crippen molar-refractivity contribution in [3.8, 4) is 0 Å². The van der Waals surface area contributed by atoms with Crippen LogP contribution in [0.25, 0.3) is 0 Å². The van der Waals surface area contributed by atoms with E-state index in [4.69, 9.17) is 0 Å². The quantitative estimate of drug-likeness (QED) is 0.0313. The zero-order valence-electron chi connectivity index (χ0n) is 36.7. The Morgan fingerprint density at radius 1 is 0.436 bits per heavy atom. The Morgan fingerprint density at radius 3 is 1.09 bits per heavy atom. The minimum Gasteiger partial charge on any atom is -0.394 e. The molecule has 0 aromatic rings. The summed E-state index contributed by atoms with van der Waals surface area (Å²) in [6, 6.07) is -1.00. The monoisotopic (exact) mass is 778 g/mol. The van der Waals surface area contributed by atoms with Crippen LogP contribution in [0.3, 0.4) is 0 Å². The number of aliphatic hydroxyl groups is 4. The van der Waals surface area contributed by atoms with Crippen LogP contribution in [0.5, 0.6) is 0 Å². The first-order valence-electron chi connectivity index (χ1n) is 24.2. The number of unbranched alkanes of at least 4 members (excludes halogenated alkanes) is 31. The van der Waals surface area contributed by atoms with Gasteiger partial charge in [-0.15, -0.1) is 0 Å². The van der Waals surface area contributed by atoms with Crippen molar-refractivity contribution in [2.75, 3.05) is 6.61 Å². The molecular formula is C49H95NO5. The Kier molecular flexibility index (Phi) is 42.9. The highest BCUT2D eigenvalue weighted by molar-refractivity contribution is 5.80. The third-order valence-corrected chi connectivity index (χ3v) is 11.4. The first kappa shape index (κ1) is 53.8. The van der Waals surface area contributed by atoms with E-state index in [-0.39, 0.29) is 0 Å². The van der Waals surface area contributed by atoms with Gasteiger partial charge >= 0.3 is 0 Å². The summed E-state index contributed by atoms with van der Waals surface area (Å²) in [6.07, 6.45) is 50.7. The second-order valence-corrected chi connectivity index (χ2v) is 16.8. The number of amides is 1. The zero-order chi connectivity index (χ0) is 40.3. The molecule has 0 spiro atoms. The molecule has 4 atom stereocenters. The topological polar surface area (TPSA) is 110 Å². The Morgan fingerprint density at radius 2 is 0.745 bits per heavy atom. The summed E-state index contributed by atoms with van der Waals surface area (Å²) >= 11 is 0. The van der Waals surface area contributed by atoms with Crippen LogP contribution in [0.1, 0.15) is 251 Å². The Hall–Kier alpha value is -1.21. The van der Waals surface area contributed by atoms with Crippen LogP contribution in [-0.2, 0) is 4.79 Å². The number of carbonyl (C=O) groups excluding carboxylic acids is 1. The molecular weight excluding hydrogens is 683 g/mol. The van der Waals surface area contributed by atoms with E-state index in [1.165, 1.54) is 180 Å². The van der Waals surface area contributed by atoms with Crippen molar-refractivity contribution < 1.29 is 25.2 Å². The van der Waals surface area contributed by atoms with Gasteiger partial charge in [0, 0.05) is 0 Å². The van der Waals surface area contributed by atoms with Crippen LogP contribution in [0, 0.1) is 0 Å². The van der Waals surface area contributed by atoms with Gasteiger partial charge in [-0.05, 0) is 64.2 Å². The molecule has 0 rings (SSSR count). The number of allylic oxidation sites excluding steroid dienone is 4. The molecule has 1 amide bonds. The maximum Gasteiger partial charge on any atom is 0.249 e. The predicted molar refractivity (Wildman–Crippen MR) is 237 cm³/mol. The van der Waals surface area contributed by atoms with E-state index in [1.54, 1.807) is 0 Å². The van der Waals surface area contributed by atoms with Crippen molar-refractivity contribution in [1.82, 2.24) is 5.32 Å². The third kappa shape index (κ3) is 38.1. The first-order valence-corrected chi connectivity index (χ1v) is 24.2. The number of hydrogen-bond donors (Lipinski definition) is 5. The maximum atomic E-state index is 12.5. The number of hydrogen-bond acceptors (Lipinski definition) is 5. The number of aliphatic hydroxyl groups excluding tert-OH is 4. The molecule has 0 saturated heterocycles. The van der Waals surface area contributed by atoms with Crippen LogP contribution in [-0.4, -0.2) is 57.3 Å². The summed E-state index contributed by atoms with van der Waals surface area (Å²) in [5.41, 5.74) is 0. The highest BCUT2D eigenvalue weighted by Gasteiger charge is 2.28. The zero-order valence-corrected chi connectivity index (χ0v) is 36.7. The largest absolute Gasteiger partial charge is 0.394 e. The standard InChI is InChI=1S/C49H95NO5/c1-3-5-7-9-11-13-15-17-19-21-23-25-27-29-31-33-35-37-39-41-43-47(53)49(55)50-45(44-51)48(54)46(52)42-40-38-36-34-32-30-28-26-24-22-20-18-16-14-12-10-8-6-4-2/h25,27,34,36,45-48,51-54H,3-24,26,28-33,35,37-44H2,1-2H3,(H,50,55)/b27-25-,36-34+. The number of nitrogens with one attached hydrogen (secondary N) is 1. The Bertz CT molecular complexity index is 832. The fourth-order valence-electron chi connectivity index (χ4n) is 7.52. The van der Waals surface area contributed by atoms with Crippen LogP contribution in [0.2, 0.25) is 0 Å². The molecule has 326 valence electrons. The van der Waals surface area contributed by atoms with Crippen molar-refractivity contribution >= 4 is 5.91 Å². The fourth-order valence-corrected chi connectivity index (χ4v) is 7.52. The summed E-state index contributed by atoms with van der Waals surface area (Å²) in [7, 11) is 0. The molecule has 0 aromatic carbocycles. The Labute approximate surface area is 342 Å². The fraction of sp³-hybridized carbons (Fsp3) is 0.898. The molecule has 0 aliphatic heterocycles. The van der Waals surface area contributed by atoms with E-state index < -0.39 is 36.9 Å². The van der Waals surface area contributed by atoms with Gasteiger partial charge in [0.25, 0.3) is 0 Å². The van der Waals surface area contributed by atoms with E-state index in [0.29, 0.717) is 12.8 Å². The van der Waals surface area contributed by atoms with Crippen LogP contribution in [0.4, 0.5) is 0 Å². The number of carbonyl (C=O) groups is 1. The lowest BCUT2D eigenvalue weighted by Gasteiger charge is -2.27. The van der Waals surface area contributed by atoms with Gasteiger partial charge in [0.1, 0.15) is 12.2 Å². The van der Waals surface area contributed by atoms with Crippen molar-refractivity contribution in [2.24, 2.45) is 0 Å². The van der Waals surface area contributed by atoms with E-state index >= 15 is 0 Å². The first-order chi connectivity index (χ1) is 27.0. The van der Waals surface area contributed by atoms with Crippen molar-refractivity contribution in [3.63, 3.8) is 0 Å². The van der Waals surface area contributed by atoms with Gasteiger partial charge < -0.3 is 25.7 Å². The molecule has 6 heteroatoms. The van der Waals surface area contributed by atoms with E-state index in [2.05, 4.69) is 43.5 Å². The van der Waals surface area contributed by atoms with Gasteiger partial charge in [0.15, 0.2) is 0 Å². The molecule has 0 heterocycles. The minimum absolute atomic E-state index is 0.357. The van der Waals surface area contributed by atoms with E-state index in [1.807, 2.05) is 0 Å². The lowest BCUT2D eigenvalue weighted by molar-refractivity contribution is -0.132. The molecule has 6 nitrogen and oxygen atoms in total. The summed E-state index contributed by atoms with van der Waals surface area (Å²) < 4.78 is 0. The van der Waals surface area contributed by atoms with E-state index in [0.717, 1.165) is 44.9 Å². The summed E-state index contributed by atoms with van der Waals surface area (Å²) in [5.74, 6) is -0.596. The molecule has 5 N–H and O–H groups in total. The molecule has 0 saturated carbocycles. The molecule has 4 unspecified atom stereocenters. The average molecular weight is 778 g/mol. The molecule has 0 radical (unpaired) electrons. The highest BCUT2D eigenvalue weighted by Crippen LogP contribution is 2.16. The average Bonchev–Trinajstić information content (AvgIpc) is 3.19. The summed E-state index contributed by atoms with van der Waals surface area (Å²) in [4.78, 5) is 12.5. The second-order valence-electron chi connectivity index (χ2n) is 16.8. The maximum absolute atomic E-state index is 12.5. The SMILES string of the molecule is CCCCCCCCCCCC/C=C\CCCCCCCCC(O)C(=O)NC(CO)C(O)C(O)CCC/C=C/CCCCCCCCCCCCCCCC. The van der Waals surface area contributed by atoms with Crippen LogP contribution < -0.4 is 5.32 Å². The predicted octanol–water partition coefficient (Wildman–Crippen LogP) is 13.1. The van der Waals surface area contributed by atoms with E-state index in [9.17, 15) is 25.2 Å². The summed E-state index contributed by atoms with van der Waals surface area (Å²) in [5, 5.41) is 43.8. The molecule has 0 aromatic heterocycles. The van der Waals surface area contributed by atoms with Gasteiger partial charge in [-0.25, -0.2) is 0 Å². The van der Waals surface area contributed by atoms with Crippen molar-refractivity contribution in [2.45, 2.75) is 276 Å². The van der Waals surface area contributed by atoms with Crippen molar-refractivity contribution in [1.29, 1.82) is 0 Å². The molecule has 0 fully saturated rings.